The first-order valence-corrected chi connectivity index (χ1v) is 4.68. The van der Waals surface area contributed by atoms with Crippen LogP contribution in [0.1, 0.15) is 19.3 Å². The van der Waals surface area contributed by atoms with Crippen LogP contribution >= 0.6 is 0 Å². The Bertz CT molecular complexity index is 228. The van der Waals surface area contributed by atoms with Gasteiger partial charge in [-0.05, 0) is 25.5 Å². The van der Waals surface area contributed by atoms with Crippen LogP contribution in [-0.2, 0) is 0 Å². The van der Waals surface area contributed by atoms with E-state index < -0.39 is 0 Å². The van der Waals surface area contributed by atoms with Crippen LogP contribution in [0.3, 0.4) is 0 Å². The molecule has 2 N–H and O–H groups in total. The van der Waals surface area contributed by atoms with E-state index in [9.17, 15) is 0 Å². The lowest BCUT2D eigenvalue weighted by Crippen LogP contribution is -2.44. The molecule has 0 radical (unpaired) electrons. The molecule has 0 aromatic rings. The fourth-order valence-corrected chi connectivity index (χ4v) is 1.92. The maximum Gasteiger partial charge on any atom is 0.0613 e. The summed E-state index contributed by atoms with van der Waals surface area (Å²) in [6.45, 7) is 1.07. The summed E-state index contributed by atoms with van der Waals surface area (Å²) in [7, 11) is 2.01. The standard InChI is InChI=1S/C10H16N2/c1-11-10-6-8-4-2-3-5-9(8)7-12-10/h2,4,10-12H,3,5-7H2,1H3. The molecule has 2 nitrogen and oxygen atoms in total. The summed E-state index contributed by atoms with van der Waals surface area (Å²) in [4.78, 5) is 0. The summed E-state index contributed by atoms with van der Waals surface area (Å²) in [5.74, 6) is 0. The summed E-state index contributed by atoms with van der Waals surface area (Å²) in [5.41, 5.74) is 3.17. The second-order valence-corrected chi connectivity index (χ2v) is 3.50. The van der Waals surface area contributed by atoms with Crippen molar-refractivity contribution >= 4 is 0 Å². The van der Waals surface area contributed by atoms with Crippen molar-refractivity contribution in [2.45, 2.75) is 25.4 Å². The van der Waals surface area contributed by atoms with E-state index in [-0.39, 0.29) is 0 Å². The van der Waals surface area contributed by atoms with Crippen LogP contribution in [0.15, 0.2) is 23.3 Å². The molecule has 2 rings (SSSR count). The molecule has 2 aliphatic rings. The molecule has 0 amide bonds. The van der Waals surface area contributed by atoms with Crippen LogP contribution in [-0.4, -0.2) is 19.8 Å². The van der Waals surface area contributed by atoms with Gasteiger partial charge >= 0.3 is 0 Å². The van der Waals surface area contributed by atoms with Crippen molar-refractivity contribution in [1.82, 2.24) is 10.6 Å². The van der Waals surface area contributed by atoms with Crippen molar-refractivity contribution in [1.29, 1.82) is 0 Å². The maximum absolute atomic E-state index is 3.47. The third-order valence-corrected chi connectivity index (χ3v) is 2.72. The number of hydrogen-bond donors (Lipinski definition) is 2. The van der Waals surface area contributed by atoms with Crippen LogP contribution in [0.4, 0.5) is 0 Å². The monoisotopic (exact) mass is 164 g/mol. The van der Waals surface area contributed by atoms with Gasteiger partial charge in [0.05, 0.1) is 6.17 Å². The molecule has 0 spiro atoms. The molecule has 1 unspecified atom stereocenters. The molecule has 0 fully saturated rings. The minimum atomic E-state index is 0.478. The third kappa shape index (κ3) is 1.45. The van der Waals surface area contributed by atoms with Gasteiger partial charge in [-0.1, -0.05) is 17.7 Å². The molecule has 1 aliphatic carbocycles. The van der Waals surface area contributed by atoms with Gasteiger partial charge in [-0.2, -0.15) is 0 Å². The fourth-order valence-electron chi connectivity index (χ4n) is 1.92. The zero-order chi connectivity index (χ0) is 8.39. The van der Waals surface area contributed by atoms with Gasteiger partial charge in [0.25, 0.3) is 0 Å². The first-order chi connectivity index (χ1) is 5.90. The largest absolute Gasteiger partial charge is 0.305 e. The Morgan fingerprint density at radius 3 is 3.33 bits per heavy atom. The summed E-state index contributed by atoms with van der Waals surface area (Å²) in [5, 5.41) is 6.72. The Hall–Kier alpha value is -0.600. The van der Waals surface area contributed by atoms with Gasteiger partial charge in [0.15, 0.2) is 0 Å². The zero-order valence-corrected chi connectivity index (χ0v) is 7.56. The topological polar surface area (TPSA) is 24.1 Å². The quantitative estimate of drug-likeness (QED) is 0.608. The third-order valence-electron chi connectivity index (χ3n) is 2.72. The van der Waals surface area contributed by atoms with Crippen molar-refractivity contribution in [3.63, 3.8) is 0 Å². The lowest BCUT2D eigenvalue weighted by atomic mass is 9.92. The minimum absolute atomic E-state index is 0.478. The summed E-state index contributed by atoms with van der Waals surface area (Å²) in [6, 6.07) is 0. The fraction of sp³-hybridized carbons (Fsp3) is 0.600. The lowest BCUT2D eigenvalue weighted by Gasteiger charge is -2.28. The molecule has 1 aliphatic heterocycles. The van der Waals surface area contributed by atoms with Crippen LogP contribution in [0.5, 0.6) is 0 Å². The normalized spacial score (nSPS) is 28.9. The maximum atomic E-state index is 3.47. The van der Waals surface area contributed by atoms with Crippen molar-refractivity contribution in [2.24, 2.45) is 0 Å². The molecule has 1 heterocycles. The van der Waals surface area contributed by atoms with Gasteiger partial charge in [0, 0.05) is 13.0 Å². The Kier molecular flexibility index (Phi) is 2.28. The van der Waals surface area contributed by atoms with E-state index in [2.05, 4.69) is 22.8 Å². The van der Waals surface area contributed by atoms with E-state index in [1.165, 1.54) is 12.8 Å². The Morgan fingerprint density at radius 1 is 1.58 bits per heavy atom. The molecular weight excluding hydrogens is 148 g/mol. The highest BCUT2D eigenvalue weighted by Gasteiger charge is 2.18. The van der Waals surface area contributed by atoms with Crippen LogP contribution in [0.2, 0.25) is 0 Å². The van der Waals surface area contributed by atoms with Crippen molar-refractivity contribution < 1.29 is 0 Å². The predicted octanol–water partition coefficient (Wildman–Crippen LogP) is 1.17. The van der Waals surface area contributed by atoms with Crippen LogP contribution in [0.25, 0.3) is 0 Å². The van der Waals surface area contributed by atoms with E-state index >= 15 is 0 Å². The molecule has 0 aromatic carbocycles. The molecule has 0 saturated carbocycles. The summed E-state index contributed by atoms with van der Waals surface area (Å²) < 4.78 is 0. The molecule has 0 aromatic heterocycles. The summed E-state index contributed by atoms with van der Waals surface area (Å²) >= 11 is 0. The lowest BCUT2D eigenvalue weighted by molar-refractivity contribution is 0.444. The summed E-state index contributed by atoms with van der Waals surface area (Å²) in [6.07, 6.45) is 8.69. The molecule has 0 bridgehead atoms. The Labute approximate surface area is 73.7 Å². The molecular formula is C10H16N2. The molecule has 0 saturated heterocycles. The van der Waals surface area contributed by atoms with Gasteiger partial charge in [0.1, 0.15) is 0 Å². The minimum Gasteiger partial charge on any atom is -0.305 e. The van der Waals surface area contributed by atoms with E-state index in [4.69, 9.17) is 0 Å². The average molecular weight is 164 g/mol. The van der Waals surface area contributed by atoms with E-state index in [1.807, 2.05) is 7.05 Å². The first kappa shape index (κ1) is 8.02. The van der Waals surface area contributed by atoms with Crippen molar-refractivity contribution in [3.8, 4) is 0 Å². The smallest absolute Gasteiger partial charge is 0.0613 e. The number of rotatable bonds is 1. The van der Waals surface area contributed by atoms with Gasteiger partial charge < -0.3 is 5.32 Å². The van der Waals surface area contributed by atoms with Gasteiger partial charge in [0.2, 0.25) is 0 Å². The number of allylic oxidation sites excluding steroid dienone is 2. The highest BCUT2D eigenvalue weighted by molar-refractivity contribution is 5.32. The zero-order valence-electron chi connectivity index (χ0n) is 7.56. The first-order valence-electron chi connectivity index (χ1n) is 4.68. The Balaban J connectivity index is 2.11. The predicted molar refractivity (Wildman–Crippen MR) is 50.9 cm³/mol. The Morgan fingerprint density at radius 2 is 2.50 bits per heavy atom. The van der Waals surface area contributed by atoms with E-state index in [0.29, 0.717) is 6.17 Å². The molecule has 12 heavy (non-hydrogen) atoms. The number of hydrogen-bond acceptors (Lipinski definition) is 2. The SMILES string of the molecule is CNC1CC2=C(CCC=C2)CN1. The second-order valence-electron chi connectivity index (χ2n) is 3.50. The molecule has 66 valence electrons. The van der Waals surface area contributed by atoms with Crippen LogP contribution in [0, 0.1) is 0 Å². The molecule has 2 heteroatoms. The molecule has 1 atom stereocenters. The van der Waals surface area contributed by atoms with E-state index in [0.717, 1.165) is 13.0 Å². The van der Waals surface area contributed by atoms with Crippen molar-refractivity contribution in [2.75, 3.05) is 13.6 Å². The van der Waals surface area contributed by atoms with E-state index in [1.54, 1.807) is 11.1 Å². The average Bonchev–Trinajstić information content (AvgIpc) is 2.17. The van der Waals surface area contributed by atoms with Gasteiger partial charge in [-0.15, -0.1) is 0 Å². The highest BCUT2D eigenvalue weighted by Crippen LogP contribution is 2.24. The second kappa shape index (κ2) is 3.42. The highest BCUT2D eigenvalue weighted by atomic mass is 15.1. The van der Waals surface area contributed by atoms with Crippen LogP contribution < -0.4 is 10.6 Å². The van der Waals surface area contributed by atoms with Gasteiger partial charge in [-0.25, -0.2) is 0 Å². The van der Waals surface area contributed by atoms with Crippen molar-refractivity contribution in [3.05, 3.63) is 23.3 Å². The van der Waals surface area contributed by atoms with Gasteiger partial charge in [-0.3, -0.25) is 5.32 Å². The number of nitrogens with one attached hydrogen (secondary N) is 2.